The topological polar surface area (TPSA) is 121 Å². The smallest absolute Gasteiger partial charge is 0.335 e. The van der Waals surface area contributed by atoms with Gasteiger partial charge in [0.25, 0.3) is 0 Å². The summed E-state index contributed by atoms with van der Waals surface area (Å²) in [4.78, 5) is 19.4. The molecule has 0 saturated heterocycles. The molecule has 3 N–H and O–H groups in total. The third-order valence-electron chi connectivity index (χ3n) is 2.47. The van der Waals surface area contributed by atoms with E-state index in [1.54, 1.807) is 19.2 Å². The molecule has 1 aromatic carbocycles. The zero-order valence-electron chi connectivity index (χ0n) is 13.9. The van der Waals surface area contributed by atoms with Gasteiger partial charge < -0.3 is 10.5 Å². The second-order valence-electron chi connectivity index (χ2n) is 4.11. The molecule has 2 rings (SSSR count). The number of ketones is 1. The molecule has 0 unspecified atom stereocenters. The number of benzene rings is 1. The lowest BCUT2D eigenvalue weighted by atomic mass is 10.2. The molecule has 1 aromatic heterocycles. The first kappa shape index (κ1) is 22.3. The van der Waals surface area contributed by atoms with E-state index in [0.29, 0.717) is 16.7 Å². The summed E-state index contributed by atoms with van der Waals surface area (Å²) < 4.78 is 16.6. The quantitative estimate of drug-likeness (QED) is 0.413. The number of Topliss-reactive ketones (excluding diaryl/α,β-unsaturated/α-hetero) is 1. The maximum absolute atomic E-state index is 11.3. The number of aromatic nitrogens is 2. The van der Waals surface area contributed by atoms with Crippen molar-refractivity contribution in [1.29, 1.82) is 0 Å². The molecule has 0 aliphatic heterocycles. The highest BCUT2D eigenvalue weighted by Gasteiger charge is 2.12. The molecule has 0 atom stereocenters. The van der Waals surface area contributed by atoms with Crippen LogP contribution in [0.25, 0.3) is 10.9 Å². The van der Waals surface area contributed by atoms with Gasteiger partial charge in [0.15, 0.2) is 17.4 Å². The normalized spacial score (nSPS) is 8.00. The lowest BCUT2D eigenvalue weighted by Crippen LogP contribution is -2.18. The van der Waals surface area contributed by atoms with Gasteiger partial charge >= 0.3 is 11.6 Å². The number of fused-ring (bicyclic) bond motifs is 1. The predicted molar refractivity (Wildman–Crippen MR) is 100 cm³/mol. The van der Waals surface area contributed by atoms with Crippen molar-refractivity contribution in [2.45, 2.75) is 6.92 Å². The molecule has 2 aromatic rings. The molecule has 0 aliphatic rings. The molecule has 26 heavy (non-hydrogen) atoms. The number of carbonyl (C=O) groups is 1. The number of terminal acetylenes is 2. The number of anilines is 1. The van der Waals surface area contributed by atoms with Crippen LogP contribution < -0.4 is 10.9 Å². The van der Waals surface area contributed by atoms with Crippen molar-refractivity contribution < 1.29 is 19.7 Å². The van der Waals surface area contributed by atoms with E-state index in [0.717, 1.165) is 0 Å². The Balaban J connectivity index is 0. The number of para-hydroxylation sites is 1. The number of nitrogens with zero attached hydrogens (tertiary/aromatic N) is 2. The first-order valence-corrected chi connectivity index (χ1v) is 7.39. The highest BCUT2D eigenvalue weighted by molar-refractivity contribution is 7.51. The lowest BCUT2D eigenvalue weighted by molar-refractivity contribution is 0.100. The van der Waals surface area contributed by atoms with Crippen LogP contribution >= 0.6 is 0 Å². The van der Waals surface area contributed by atoms with Crippen molar-refractivity contribution in [2.24, 2.45) is 0 Å². The van der Waals surface area contributed by atoms with Crippen molar-refractivity contribution in [1.82, 2.24) is 15.4 Å². The van der Waals surface area contributed by atoms with E-state index in [1.807, 2.05) is 0 Å². The number of hydrogen-bond donors (Lipinski definition) is 3. The number of nitrogens with one attached hydrogen (secondary N) is 2. The number of hydrogen-bond acceptors (Lipinski definition) is 8. The average molecular weight is 372 g/mol. The molecule has 1 heterocycles. The van der Waals surface area contributed by atoms with E-state index >= 15 is 0 Å². The summed E-state index contributed by atoms with van der Waals surface area (Å²) in [5, 5.41) is 10.4. The van der Waals surface area contributed by atoms with Gasteiger partial charge in [-0.2, -0.15) is 8.42 Å². The highest BCUT2D eigenvalue weighted by Crippen LogP contribution is 2.26. The Morgan fingerprint density at radius 1 is 1.23 bits per heavy atom. The fourth-order valence-corrected chi connectivity index (χ4v) is 1.58. The summed E-state index contributed by atoms with van der Waals surface area (Å²) in [6.45, 7) is 1.38. The molecule has 0 spiro atoms. The van der Waals surface area contributed by atoms with Gasteiger partial charge in [0.05, 0.1) is 0 Å². The Labute approximate surface area is 155 Å². The molecule has 134 valence electrons. The van der Waals surface area contributed by atoms with Crippen molar-refractivity contribution in [3.8, 4) is 42.3 Å². The Morgan fingerprint density at radius 2 is 1.81 bits per heavy atom. The van der Waals surface area contributed by atoms with Crippen molar-refractivity contribution >= 4 is 34.1 Å². The average Bonchev–Trinajstić information content (AvgIpc) is 2.62. The van der Waals surface area contributed by atoms with Crippen molar-refractivity contribution in [3.63, 3.8) is 0 Å². The van der Waals surface area contributed by atoms with Crippen LogP contribution in [-0.2, 0) is 11.6 Å². The number of rotatable bonds is 3. The number of phenolic OH excluding ortho intramolecular Hbond substituents is 1. The summed E-state index contributed by atoms with van der Waals surface area (Å²) in [7, 11) is 1.68. The van der Waals surface area contributed by atoms with E-state index in [1.165, 1.54) is 13.0 Å². The maximum Gasteiger partial charge on any atom is 0.335 e. The summed E-state index contributed by atoms with van der Waals surface area (Å²) in [6.07, 6.45) is 9.39. The van der Waals surface area contributed by atoms with Crippen LogP contribution in [0.4, 0.5) is 5.82 Å². The van der Waals surface area contributed by atoms with Crippen LogP contribution in [0.1, 0.15) is 19.0 Å². The van der Waals surface area contributed by atoms with Gasteiger partial charge in [0.2, 0.25) is 0 Å². The van der Waals surface area contributed by atoms with Crippen molar-refractivity contribution in [3.05, 3.63) is 24.0 Å². The van der Waals surface area contributed by atoms with Crippen LogP contribution in [0.3, 0.4) is 0 Å². The fourth-order valence-electron chi connectivity index (χ4n) is 1.58. The third kappa shape index (κ3) is 7.24. The number of phenols is 1. The van der Waals surface area contributed by atoms with Crippen LogP contribution in [0.5, 0.6) is 5.75 Å². The largest absolute Gasteiger partial charge is 0.506 e. The van der Waals surface area contributed by atoms with Gasteiger partial charge in [-0.3, -0.25) is 4.79 Å². The first-order chi connectivity index (χ1) is 12.5. The summed E-state index contributed by atoms with van der Waals surface area (Å²) in [6, 6.07) is 4.97. The molecule has 0 amide bonds. The molecular weight excluding hydrogens is 356 g/mol. The second kappa shape index (κ2) is 12.7. The van der Waals surface area contributed by atoms with Gasteiger partial charge in [-0.25, -0.2) is 15.4 Å². The van der Waals surface area contributed by atoms with Gasteiger partial charge in [0, 0.05) is 20.8 Å². The monoisotopic (exact) mass is 372 g/mol. The van der Waals surface area contributed by atoms with Gasteiger partial charge in [-0.1, -0.05) is 6.07 Å². The van der Waals surface area contributed by atoms with E-state index in [9.17, 15) is 9.90 Å². The van der Waals surface area contributed by atoms with Crippen LogP contribution in [0, 0.1) is 36.5 Å². The van der Waals surface area contributed by atoms with E-state index in [2.05, 4.69) is 44.5 Å². The first-order valence-electron chi connectivity index (χ1n) is 6.73. The molecule has 0 bridgehead atoms. The fraction of sp³-hybridized carbons (Fsp3) is 0.118. The minimum absolute atomic E-state index is 0. The highest BCUT2D eigenvalue weighted by atomic mass is 32.1. The Kier molecular flexibility index (Phi) is 10.9. The van der Waals surface area contributed by atoms with E-state index in [-0.39, 0.29) is 18.8 Å². The zero-order chi connectivity index (χ0) is 19.9. The number of carbonyl (C=O) groups excluding carboxylic acids is 1. The standard InChI is InChI=1S/C11H12N4O2.C6H2.O2S.H2/c1-6(16)10-13-9-7(4-3-5-8(9)17)11(14-10)15-12-2;1-3-5-6-4-2;1-3-2;/h3-5,12,17H,1-2H3,(H,13,14,15);1-2H;;1H. The Bertz CT molecular complexity index is 947. The molecule has 0 fully saturated rings. The second-order valence-corrected chi connectivity index (χ2v) is 4.24. The van der Waals surface area contributed by atoms with Crippen molar-refractivity contribution in [2.75, 3.05) is 12.5 Å². The zero-order valence-corrected chi connectivity index (χ0v) is 14.7. The SMILES string of the molecule is C#CC#CC#C.CNNc1nc(C(C)=O)nc2c(O)cccc12.O=S=O.[HH]. The summed E-state index contributed by atoms with van der Waals surface area (Å²) in [5.41, 5.74) is 5.89. The lowest BCUT2D eigenvalue weighted by Gasteiger charge is -2.09. The molecule has 0 aliphatic carbocycles. The molecule has 9 heteroatoms. The number of hydrazine groups is 1. The van der Waals surface area contributed by atoms with Gasteiger partial charge in [0.1, 0.15) is 11.3 Å². The molecule has 0 saturated carbocycles. The molecular formula is C17H16N4O4S. The molecule has 0 radical (unpaired) electrons. The van der Waals surface area contributed by atoms with E-state index < -0.39 is 11.6 Å². The molecule has 8 nitrogen and oxygen atoms in total. The van der Waals surface area contributed by atoms with E-state index in [4.69, 9.17) is 21.3 Å². The van der Waals surface area contributed by atoms with Gasteiger partial charge in [-0.15, -0.1) is 12.8 Å². The number of aromatic hydroxyl groups is 1. The Hall–Kier alpha value is -3.71. The maximum atomic E-state index is 11.3. The van der Waals surface area contributed by atoms with Crippen LogP contribution in [-0.4, -0.2) is 36.3 Å². The van der Waals surface area contributed by atoms with Crippen LogP contribution in [0.2, 0.25) is 0 Å². The predicted octanol–water partition coefficient (Wildman–Crippen LogP) is 0.916. The summed E-state index contributed by atoms with van der Waals surface area (Å²) >= 11 is -0.750. The minimum Gasteiger partial charge on any atom is -0.506 e. The third-order valence-corrected chi connectivity index (χ3v) is 2.47. The summed E-state index contributed by atoms with van der Waals surface area (Å²) in [5.74, 6) is 8.90. The Morgan fingerprint density at radius 3 is 2.27 bits per heavy atom. The van der Waals surface area contributed by atoms with Crippen LogP contribution in [0.15, 0.2) is 18.2 Å². The minimum atomic E-state index is -0.750. The van der Waals surface area contributed by atoms with Gasteiger partial charge in [-0.05, 0) is 35.8 Å².